The van der Waals surface area contributed by atoms with Crippen molar-refractivity contribution in [1.29, 1.82) is 0 Å². The second-order valence-electron chi connectivity index (χ2n) is 4.60. The molecule has 98 valence electrons. The number of aliphatic hydroxyl groups is 1. The van der Waals surface area contributed by atoms with Gasteiger partial charge in [-0.25, -0.2) is 12.7 Å². The van der Waals surface area contributed by atoms with Gasteiger partial charge in [-0.3, -0.25) is 0 Å². The first-order chi connectivity index (χ1) is 7.40. The maximum Gasteiger partial charge on any atom is 0.213 e. The van der Waals surface area contributed by atoms with Gasteiger partial charge in [-0.15, -0.1) is 0 Å². The fourth-order valence-corrected chi connectivity index (χ4v) is 2.79. The molecule has 0 fully saturated rings. The van der Waals surface area contributed by atoms with Gasteiger partial charge >= 0.3 is 0 Å². The SMILES string of the molecule is CC(C)CCS(=O)(=O)N(C)CCCCCO. The van der Waals surface area contributed by atoms with E-state index in [1.165, 1.54) is 4.31 Å². The smallest absolute Gasteiger partial charge is 0.213 e. The Hall–Kier alpha value is -0.130. The quantitative estimate of drug-likeness (QED) is 0.631. The normalized spacial score (nSPS) is 12.6. The molecule has 0 saturated heterocycles. The van der Waals surface area contributed by atoms with Crippen molar-refractivity contribution in [1.82, 2.24) is 4.31 Å². The molecule has 0 aliphatic heterocycles. The summed E-state index contributed by atoms with van der Waals surface area (Å²) in [5.41, 5.74) is 0. The minimum absolute atomic E-state index is 0.184. The summed E-state index contributed by atoms with van der Waals surface area (Å²) in [4.78, 5) is 0. The second-order valence-corrected chi connectivity index (χ2v) is 6.80. The van der Waals surface area contributed by atoms with E-state index in [0.717, 1.165) is 19.3 Å². The first kappa shape index (κ1) is 15.9. The number of unbranched alkanes of at least 4 members (excludes halogenated alkanes) is 2. The summed E-state index contributed by atoms with van der Waals surface area (Å²) in [6.45, 7) is 4.79. The standard InChI is InChI=1S/C11H25NO3S/c1-11(2)7-10-16(14,15)12(3)8-5-4-6-9-13/h11,13H,4-10H2,1-3H3. The third kappa shape index (κ3) is 7.19. The number of rotatable bonds is 9. The van der Waals surface area contributed by atoms with E-state index >= 15 is 0 Å². The van der Waals surface area contributed by atoms with Crippen LogP contribution in [0, 0.1) is 5.92 Å². The molecule has 0 spiro atoms. The lowest BCUT2D eigenvalue weighted by atomic mass is 10.2. The second kappa shape index (κ2) is 8.03. The Bertz CT molecular complexity index is 262. The molecule has 0 aromatic rings. The van der Waals surface area contributed by atoms with Crippen molar-refractivity contribution < 1.29 is 13.5 Å². The number of aliphatic hydroxyl groups excluding tert-OH is 1. The predicted molar refractivity (Wildman–Crippen MR) is 66.8 cm³/mol. The van der Waals surface area contributed by atoms with Gasteiger partial charge < -0.3 is 5.11 Å². The van der Waals surface area contributed by atoms with E-state index in [9.17, 15) is 8.42 Å². The molecule has 0 aromatic carbocycles. The van der Waals surface area contributed by atoms with E-state index in [0.29, 0.717) is 18.9 Å². The number of hydrogen-bond donors (Lipinski definition) is 1. The Morgan fingerprint density at radius 3 is 2.31 bits per heavy atom. The summed E-state index contributed by atoms with van der Waals surface area (Å²) in [5.74, 6) is 0.652. The maximum absolute atomic E-state index is 11.8. The maximum atomic E-state index is 11.8. The van der Waals surface area contributed by atoms with Crippen molar-refractivity contribution >= 4 is 10.0 Å². The number of sulfonamides is 1. The fourth-order valence-electron chi connectivity index (χ4n) is 1.30. The molecule has 0 aliphatic carbocycles. The molecule has 0 unspecified atom stereocenters. The largest absolute Gasteiger partial charge is 0.396 e. The van der Waals surface area contributed by atoms with Gasteiger partial charge in [-0.2, -0.15) is 0 Å². The molecule has 0 bridgehead atoms. The zero-order valence-electron chi connectivity index (χ0n) is 10.6. The van der Waals surface area contributed by atoms with Crippen LogP contribution in [0.4, 0.5) is 0 Å². The zero-order chi connectivity index (χ0) is 12.6. The molecular weight excluding hydrogens is 226 g/mol. The molecule has 16 heavy (non-hydrogen) atoms. The van der Waals surface area contributed by atoms with Crippen molar-refractivity contribution in [3.05, 3.63) is 0 Å². The van der Waals surface area contributed by atoms with Crippen molar-refractivity contribution in [3.63, 3.8) is 0 Å². The van der Waals surface area contributed by atoms with Gasteiger partial charge in [-0.1, -0.05) is 13.8 Å². The summed E-state index contributed by atoms with van der Waals surface area (Å²) < 4.78 is 25.0. The van der Waals surface area contributed by atoms with Gasteiger partial charge in [-0.05, 0) is 31.6 Å². The van der Waals surface area contributed by atoms with E-state index in [-0.39, 0.29) is 12.4 Å². The monoisotopic (exact) mass is 251 g/mol. The van der Waals surface area contributed by atoms with Crippen LogP contribution in [-0.2, 0) is 10.0 Å². The molecule has 5 heteroatoms. The molecule has 0 atom stereocenters. The van der Waals surface area contributed by atoms with E-state index < -0.39 is 10.0 Å². The van der Waals surface area contributed by atoms with Crippen LogP contribution in [0.3, 0.4) is 0 Å². The molecule has 0 amide bonds. The average molecular weight is 251 g/mol. The highest BCUT2D eigenvalue weighted by molar-refractivity contribution is 7.89. The molecule has 0 radical (unpaired) electrons. The minimum atomic E-state index is -3.07. The Morgan fingerprint density at radius 1 is 1.19 bits per heavy atom. The molecule has 0 saturated carbocycles. The third-order valence-corrected chi connectivity index (χ3v) is 4.44. The first-order valence-corrected chi connectivity index (χ1v) is 7.56. The molecule has 0 aliphatic rings. The van der Waals surface area contributed by atoms with Crippen LogP contribution in [0.1, 0.15) is 39.5 Å². The van der Waals surface area contributed by atoms with Gasteiger partial charge in [0.2, 0.25) is 10.0 Å². The van der Waals surface area contributed by atoms with Crippen molar-refractivity contribution in [2.45, 2.75) is 39.5 Å². The summed E-state index contributed by atoms with van der Waals surface area (Å²) in [6, 6.07) is 0. The third-order valence-electron chi connectivity index (χ3n) is 2.56. The van der Waals surface area contributed by atoms with Gasteiger partial charge in [0.05, 0.1) is 5.75 Å². The van der Waals surface area contributed by atoms with Crippen molar-refractivity contribution in [2.75, 3.05) is 26.0 Å². The Balaban J connectivity index is 3.90. The van der Waals surface area contributed by atoms with Crippen LogP contribution in [0.2, 0.25) is 0 Å². The lowest BCUT2D eigenvalue weighted by molar-refractivity contribution is 0.281. The van der Waals surface area contributed by atoms with E-state index in [1.807, 2.05) is 13.8 Å². The summed E-state index contributed by atoms with van der Waals surface area (Å²) >= 11 is 0. The van der Waals surface area contributed by atoms with Crippen LogP contribution in [0.5, 0.6) is 0 Å². The summed E-state index contributed by atoms with van der Waals surface area (Å²) in [7, 11) is -1.44. The van der Waals surface area contributed by atoms with Crippen LogP contribution >= 0.6 is 0 Å². The van der Waals surface area contributed by atoms with Gasteiger partial charge in [0.15, 0.2) is 0 Å². The Morgan fingerprint density at radius 2 is 1.81 bits per heavy atom. The Kier molecular flexibility index (Phi) is 7.97. The van der Waals surface area contributed by atoms with Crippen LogP contribution in [-0.4, -0.2) is 43.8 Å². The van der Waals surface area contributed by atoms with Crippen molar-refractivity contribution in [3.8, 4) is 0 Å². The zero-order valence-corrected chi connectivity index (χ0v) is 11.5. The lowest BCUT2D eigenvalue weighted by Gasteiger charge is -2.17. The first-order valence-electron chi connectivity index (χ1n) is 5.95. The van der Waals surface area contributed by atoms with Gasteiger partial charge in [0, 0.05) is 20.2 Å². The summed E-state index contributed by atoms with van der Waals surface area (Å²) in [6.07, 6.45) is 3.15. The molecule has 4 nitrogen and oxygen atoms in total. The van der Waals surface area contributed by atoms with E-state index in [1.54, 1.807) is 7.05 Å². The van der Waals surface area contributed by atoms with Crippen LogP contribution in [0.25, 0.3) is 0 Å². The molecule has 0 aromatic heterocycles. The number of hydrogen-bond acceptors (Lipinski definition) is 3. The van der Waals surface area contributed by atoms with Crippen LogP contribution < -0.4 is 0 Å². The van der Waals surface area contributed by atoms with Gasteiger partial charge in [0.25, 0.3) is 0 Å². The molecular formula is C11H25NO3S. The fraction of sp³-hybridized carbons (Fsp3) is 1.00. The van der Waals surface area contributed by atoms with E-state index in [2.05, 4.69) is 0 Å². The molecule has 0 heterocycles. The molecule has 0 rings (SSSR count). The van der Waals surface area contributed by atoms with E-state index in [4.69, 9.17) is 5.11 Å². The van der Waals surface area contributed by atoms with Gasteiger partial charge in [0.1, 0.15) is 0 Å². The van der Waals surface area contributed by atoms with Crippen LogP contribution in [0.15, 0.2) is 0 Å². The lowest BCUT2D eigenvalue weighted by Crippen LogP contribution is -2.30. The number of nitrogens with zero attached hydrogens (tertiary/aromatic N) is 1. The predicted octanol–water partition coefficient (Wildman–Crippen LogP) is 1.46. The highest BCUT2D eigenvalue weighted by Crippen LogP contribution is 2.08. The highest BCUT2D eigenvalue weighted by atomic mass is 32.2. The summed E-state index contributed by atoms with van der Waals surface area (Å²) in [5, 5.41) is 8.60. The minimum Gasteiger partial charge on any atom is -0.396 e. The topological polar surface area (TPSA) is 57.6 Å². The Labute approximate surface area is 99.7 Å². The molecule has 1 N–H and O–H groups in total. The van der Waals surface area contributed by atoms with Crippen molar-refractivity contribution in [2.24, 2.45) is 5.92 Å². The highest BCUT2D eigenvalue weighted by Gasteiger charge is 2.17. The average Bonchev–Trinajstić information content (AvgIpc) is 2.21.